The number of aliphatic imine (C=N–C) groups is 1. The van der Waals surface area contributed by atoms with Crippen LogP contribution in [0.1, 0.15) is 17.5 Å². The average molecular weight is 420 g/mol. The summed E-state index contributed by atoms with van der Waals surface area (Å²) in [4.78, 5) is 7.69. The van der Waals surface area contributed by atoms with Crippen LogP contribution in [0.2, 0.25) is 0 Å². The molecule has 0 amide bonds. The van der Waals surface area contributed by atoms with Crippen LogP contribution in [-0.4, -0.2) is 49.9 Å². The summed E-state index contributed by atoms with van der Waals surface area (Å²) in [7, 11) is -1.57. The number of sulfone groups is 1. The number of benzene rings is 2. The quantitative estimate of drug-likeness (QED) is 0.709. The Morgan fingerprint density at radius 3 is 2.93 bits per heavy atom. The predicted molar refractivity (Wildman–Crippen MR) is 111 cm³/mol. The third kappa shape index (κ3) is 1.73. The van der Waals surface area contributed by atoms with Crippen LogP contribution in [0.25, 0.3) is 0 Å². The lowest BCUT2D eigenvalue weighted by molar-refractivity contribution is 0.0269. The molecule has 4 atom stereocenters. The van der Waals surface area contributed by atoms with E-state index in [0.29, 0.717) is 17.1 Å². The van der Waals surface area contributed by atoms with Gasteiger partial charge in [-0.05, 0) is 50.2 Å². The molecule has 7 rings (SSSR count). The van der Waals surface area contributed by atoms with E-state index in [1.54, 1.807) is 30.3 Å². The zero-order chi connectivity index (χ0) is 20.4. The van der Waals surface area contributed by atoms with Gasteiger partial charge in [0.25, 0.3) is 0 Å². The fourth-order valence-corrected chi connectivity index (χ4v) is 8.12. The smallest absolute Gasteiger partial charge is 0.210 e. The Morgan fingerprint density at radius 2 is 2.07 bits per heavy atom. The van der Waals surface area contributed by atoms with Crippen LogP contribution < -0.4 is 4.74 Å². The highest BCUT2D eigenvalue weighted by Crippen LogP contribution is 2.63. The Morgan fingerprint density at radius 1 is 1.23 bits per heavy atom. The van der Waals surface area contributed by atoms with E-state index in [-0.39, 0.29) is 32.9 Å². The van der Waals surface area contributed by atoms with E-state index in [4.69, 9.17) is 9.73 Å². The molecule has 1 saturated heterocycles. The molecule has 0 radical (unpaired) electrons. The monoisotopic (exact) mass is 420 g/mol. The molecule has 2 aromatic rings. The lowest BCUT2D eigenvalue weighted by atomic mass is 9.53. The van der Waals surface area contributed by atoms with Gasteiger partial charge in [-0.2, -0.15) is 0 Å². The minimum Gasteiger partial charge on any atom is -0.504 e. The summed E-state index contributed by atoms with van der Waals surface area (Å²) >= 11 is 0. The summed E-state index contributed by atoms with van der Waals surface area (Å²) in [6.45, 7) is 0.898. The molecule has 7 heteroatoms. The van der Waals surface area contributed by atoms with E-state index in [2.05, 4.69) is 11.9 Å². The predicted octanol–water partition coefficient (Wildman–Crippen LogP) is 2.72. The lowest BCUT2D eigenvalue weighted by Gasteiger charge is -2.56. The highest BCUT2D eigenvalue weighted by molar-refractivity contribution is 7.96. The molecule has 2 aromatic carbocycles. The Balaban J connectivity index is 1.58. The third-order valence-electron chi connectivity index (χ3n) is 7.79. The molecule has 6 nitrogen and oxygen atoms in total. The highest BCUT2D eigenvalue weighted by atomic mass is 32.2. The second-order valence-corrected chi connectivity index (χ2v) is 10.9. The van der Waals surface area contributed by atoms with Gasteiger partial charge in [0, 0.05) is 17.5 Å². The van der Waals surface area contributed by atoms with Gasteiger partial charge in [-0.1, -0.05) is 24.3 Å². The number of rotatable bonds is 0. The number of aromatic hydroxyl groups is 1. The third-order valence-corrected chi connectivity index (χ3v) is 9.64. The van der Waals surface area contributed by atoms with Gasteiger partial charge in [0.1, 0.15) is 5.71 Å². The Bertz CT molecular complexity index is 1330. The summed E-state index contributed by atoms with van der Waals surface area (Å²) < 4.78 is 33.6. The normalized spacial score (nSPS) is 34.1. The maximum atomic E-state index is 13.6. The van der Waals surface area contributed by atoms with Crippen LogP contribution >= 0.6 is 0 Å². The number of ether oxygens (including phenoxy) is 1. The SMILES string of the molecule is CN1CC[C@]23c4c5ccc(O)c4O[C@H]2C2=Nc4ccccc4S(=O)(=O)C2=CC3C1C5. The number of piperidine rings is 1. The molecule has 1 N–H and O–H groups in total. The number of phenolic OH excluding ortho intramolecular Hbond substituents is 1. The average Bonchev–Trinajstić information content (AvgIpc) is 3.08. The zero-order valence-corrected chi connectivity index (χ0v) is 17.2. The molecule has 5 aliphatic rings. The number of likely N-dealkylation sites (tertiary alicyclic amines) is 1. The molecule has 2 unspecified atom stereocenters. The molecule has 152 valence electrons. The van der Waals surface area contributed by atoms with Crippen molar-refractivity contribution in [3.05, 3.63) is 58.5 Å². The molecule has 1 fully saturated rings. The summed E-state index contributed by atoms with van der Waals surface area (Å²) in [6.07, 6.45) is 3.09. The topological polar surface area (TPSA) is 79.2 Å². The van der Waals surface area contributed by atoms with Crippen molar-refractivity contribution in [2.45, 2.75) is 35.3 Å². The van der Waals surface area contributed by atoms with Crippen molar-refractivity contribution in [2.75, 3.05) is 13.6 Å². The fourth-order valence-electron chi connectivity index (χ4n) is 6.49. The molecular formula is C23H20N2O4S. The van der Waals surface area contributed by atoms with Crippen molar-refractivity contribution in [2.24, 2.45) is 10.9 Å². The summed E-state index contributed by atoms with van der Waals surface area (Å²) in [5, 5.41) is 10.6. The zero-order valence-electron chi connectivity index (χ0n) is 16.4. The van der Waals surface area contributed by atoms with E-state index in [1.807, 2.05) is 12.1 Å². The highest BCUT2D eigenvalue weighted by Gasteiger charge is 2.66. The van der Waals surface area contributed by atoms with Gasteiger partial charge in [0.05, 0.1) is 20.9 Å². The van der Waals surface area contributed by atoms with Crippen LogP contribution in [0.3, 0.4) is 0 Å². The number of nitrogens with zero attached hydrogens (tertiary/aromatic N) is 2. The van der Waals surface area contributed by atoms with Crippen LogP contribution in [0.15, 0.2) is 57.3 Å². The molecule has 1 spiro atoms. The molecular weight excluding hydrogens is 400 g/mol. The summed E-state index contributed by atoms with van der Waals surface area (Å²) in [5.74, 6) is 0.625. The fraction of sp³-hybridized carbons (Fsp3) is 0.348. The van der Waals surface area contributed by atoms with E-state index in [0.717, 1.165) is 24.9 Å². The van der Waals surface area contributed by atoms with Crippen molar-refractivity contribution in [3.63, 3.8) is 0 Å². The number of hydrogen-bond acceptors (Lipinski definition) is 6. The molecule has 2 bridgehead atoms. The molecule has 3 heterocycles. The van der Waals surface area contributed by atoms with Crippen molar-refractivity contribution in [1.82, 2.24) is 4.90 Å². The second kappa shape index (κ2) is 5.15. The van der Waals surface area contributed by atoms with E-state index in [9.17, 15) is 13.5 Å². The first-order valence-corrected chi connectivity index (χ1v) is 11.8. The van der Waals surface area contributed by atoms with E-state index in [1.165, 1.54) is 5.56 Å². The van der Waals surface area contributed by atoms with Gasteiger partial charge in [-0.25, -0.2) is 13.4 Å². The number of fused-ring (bicyclic) bond motifs is 3. The first kappa shape index (κ1) is 17.1. The lowest BCUT2D eigenvalue weighted by Crippen LogP contribution is -2.65. The van der Waals surface area contributed by atoms with Crippen molar-refractivity contribution >= 4 is 21.2 Å². The van der Waals surface area contributed by atoms with Crippen molar-refractivity contribution in [3.8, 4) is 11.5 Å². The van der Waals surface area contributed by atoms with E-state index < -0.39 is 15.9 Å². The largest absolute Gasteiger partial charge is 0.504 e. The number of para-hydroxylation sites is 1. The summed E-state index contributed by atoms with van der Waals surface area (Å²) in [5.41, 5.74) is 2.81. The van der Waals surface area contributed by atoms with Gasteiger partial charge in [0.15, 0.2) is 17.6 Å². The van der Waals surface area contributed by atoms with Crippen molar-refractivity contribution in [1.29, 1.82) is 0 Å². The maximum absolute atomic E-state index is 13.6. The standard InChI is InChI=1S/C23H20N2O4S/c1-25-9-8-23-13-11-18-20(24-14-4-2-3-5-17(14)30(18,27)28)22(23)29-21-16(26)7-6-12(19(21)23)10-15(13)25/h2-7,11,13,15,22,26H,8-10H2,1H3/t13?,15?,22-,23-/m0/s1. The Hall–Kier alpha value is -2.64. The van der Waals surface area contributed by atoms with Crippen LogP contribution in [0.4, 0.5) is 5.69 Å². The van der Waals surface area contributed by atoms with Gasteiger partial charge in [0.2, 0.25) is 9.84 Å². The first-order valence-electron chi connectivity index (χ1n) is 10.3. The van der Waals surface area contributed by atoms with Crippen LogP contribution in [0.5, 0.6) is 11.5 Å². The Kier molecular flexibility index (Phi) is 2.93. The number of phenols is 1. The first-order chi connectivity index (χ1) is 14.4. The number of likely N-dealkylation sites (N-methyl/N-ethyl adjacent to an activating group) is 1. The number of hydrogen-bond donors (Lipinski definition) is 1. The minimum absolute atomic E-state index is 0.00853. The van der Waals surface area contributed by atoms with Crippen LogP contribution in [-0.2, 0) is 21.7 Å². The van der Waals surface area contributed by atoms with Gasteiger partial charge >= 0.3 is 0 Å². The van der Waals surface area contributed by atoms with E-state index >= 15 is 0 Å². The maximum Gasteiger partial charge on any atom is 0.210 e. The van der Waals surface area contributed by atoms with Gasteiger partial charge < -0.3 is 14.7 Å². The minimum atomic E-state index is -3.68. The molecule has 2 aliphatic carbocycles. The molecule has 0 saturated carbocycles. The van der Waals surface area contributed by atoms with Crippen LogP contribution in [0, 0.1) is 5.92 Å². The second-order valence-electron chi connectivity index (χ2n) is 9.01. The Labute approximate surface area is 174 Å². The molecule has 3 aliphatic heterocycles. The molecule has 30 heavy (non-hydrogen) atoms. The van der Waals surface area contributed by atoms with Crippen molar-refractivity contribution < 1.29 is 18.3 Å². The van der Waals surface area contributed by atoms with Gasteiger partial charge in [-0.15, -0.1) is 0 Å². The van der Waals surface area contributed by atoms with Gasteiger partial charge in [-0.3, -0.25) is 0 Å². The summed E-state index contributed by atoms with van der Waals surface area (Å²) in [6, 6.07) is 10.8. The molecule has 0 aromatic heterocycles.